The first-order chi connectivity index (χ1) is 13.5. The number of guanidine groups is 1. The van der Waals surface area contributed by atoms with Crippen LogP contribution < -0.4 is 20.1 Å². The molecular weight excluding hydrogens is 487 g/mol. The Kier molecular flexibility index (Phi) is 11.0. The highest BCUT2D eigenvalue weighted by Gasteiger charge is 2.09. The minimum absolute atomic E-state index is 0. The zero-order chi connectivity index (χ0) is 20.4. The average Bonchev–Trinajstić information content (AvgIpc) is 3.20. The van der Waals surface area contributed by atoms with Crippen molar-refractivity contribution < 1.29 is 18.7 Å². The quantitative estimate of drug-likeness (QED) is 0.303. The second kappa shape index (κ2) is 12.9. The van der Waals surface area contributed by atoms with Crippen LogP contribution in [0, 0.1) is 0 Å². The summed E-state index contributed by atoms with van der Waals surface area (Å²) in [7, 11) is 4.99. The summed E-state index contributed by atoms with van der Waals surface area (Å²) in [4.78, 5) is 17.8. The lowest BCUT2D eigenvalue weighted by molar-refractivity contribution is -0.127. The summed E-state index contributed by atoms with van der Waals surface area (Å²) in [5, 5.41) is 6.41. The van der Waals surface area contributed by atoms with E-state index in [2.05, 4.69) is 15.6 Å². The molecule has 2 N–H and O–H groups in total. The molecule has 160 valence electrons. The van der Waals surface area contributed by atoms with Crippen molar-refractivity contribution in [2.75, 3.05) is 46.2 Å². The number of hydrogen-bond donors (Lipinski definition) is 2. The molecule has 0 saturated heterocycles. The first kappa shape index (κ1) is 24.6. The number of hydrogen-bond acceptors (Lipinski definition) is 5. The lowest BCUT2D eigenvalue weighted by Crippen LogP contribution is -2.34. The second-order valence-electron chi connectivity index (χ2n) is 6.13. The molecule has 1 aromatic heterocycles. The van der Waals surface area contributed by atoms with Gasteiger partial charge >= 0.3 is 0 Å². The van der Waals surface area contributed by atoms with Crippen LogP contribution in [0.3, 0.4) is 0 Å². The molecule has 0 aliphatic rings. The smallest absolute Gasteiger partial charge is 0.243 e. The van der Waals surface area contributed by atoms with E-state index >= 15 is 0 Å². The molecule has 2 rings (SSSR count). The second-order valence-corrected chi connectivity index (χ2v) is 6.13. The van der Waals surface area contributed by atoms with E-state index in [4.69, 9.17) is 13.9 Å². The van der Waals surface area contributed by atoms with Crippen LogP contribution in [0.1, 0.15) is 12.7 Å². The van der Waals surface area contributed by atoms with E-state index in [-0.39, 0.29) is 36.4 Å². The van der Waals surface area contributed by atoms with Crippen LogP contribution in [0.25, 0.3) is 0 Å². The number of halogens is 1. The van der Waals surface area contributed by atoms with Crippen LogP contribution >= 0.6 is 24.0 Å². The molecule has 0 spiro atoms. The maximum Gasteiger partial charge on any atom is 0.243 e. The van der Waals surface area contributed by atoms with Crippen LogP contribution in [-0.4, -0.2) is 57.7 Å². The van der Waals surface area contributed by atoms with Gasteiger partial charge in [0.2, 0.25) is 5.91 Å². The topological polar surface area (TPSA) is 88.3 Å². The predicted molar refractivity (Wildman–Crippen MR) is 125 cm³/mol. The normalized spacial score (nSPS) is 10.7. The van der Waals surface area contributed by atoms with E-state index in [9.17, 15) is 4.79 Å². The van der Waals surface area contributed by atoms with Gasteiger partial charge in [-0.3, -0.25) is 4.79 Å². The SMILES string of the molecule is CCOc1ccc(NC(=NCC(=O)N(C)C)NCCc2ccco2)cc1OC.I. The highest BCUT2D eigenvalue weighted by atomic mass is 127. The molecule has 0 atom stereocenters. The summed E-state index contributed by atoms with van der Waals surface area (Å²) in [6, 6.07) is 9.28. The summed E-state index contributed by atoms with van der Waals surface area (Å²) in [5.74, 6) is 2.57. The molecule has 0 aliphatic heterocycles. The third-order valence-electron chi connectivity index (χ3n) is 3.84. The zero-order valence-corrected chi connectivity index (χ0v) is 19.6. The fraction of sp³-hybridized carbons (Fsp3) is 0.400. The molecule has 0 bridgehead atoms. The van der Waals surface area contributed by atoms with Gasteiger partial charge in [0.1, 0.15) is 12.3 Å². The number of aliphatic imine (C=N–C) groups is 1. The Labute approximate surface area is 188 Å². The van der Waals surface area contributed by atoms with Gasteiger partial charge in [-0.2, -0.15) is 0 Å². The van der Waals surface area contributed by atoms with Crippen molar-refractivity contribution in [1.29, 1.82) is 0 Å². The molecule has 29 heavy (non-hydrogen) atoms. The Hall–Kier alpha value is -2.43. The number of benzene rings is 1. The Morgan fingerprint density at radius 2 is 2.03 bits per heavy atom. The summed E-state index contributed by atoms with van der Waals surface area (Å²) >= 11 is 0. The number of rotatable bonds is 9. The van der Waals surface area contributed by atoms with E-state index in [0.717, 1.165) is 11.4 Å². The number of anilines is 1. The number of carbonyl (C=O) groups is 1. The maximum absolute atomic E-state index is 11.9. The fourth-order valence-electron chi connectivity index (χ4n) is 2.34. The first-order valence-electron chi connectivity index (χ1n) is 9.12. The monoisotopic (exact) mass is 516 g/mol. The molecule has 0 radical (unpaired) electrons. The van der Waals surface area contributed by atoms with Crippen molar-refractivity contribution in [3.8, 4) is 11.5 Å². The largest absolute Gasteiger partial charge is 0.493 e. The number of nitrogens with one attached hydrogen (secondary N) is 2. The highest BCUT2D eigenvalue weighted by molar-refractivity contribution is 14.0. The number of amides is 1. The molecule has 1 amide bonds. The van der Waals surface area contributed by atoms with Crippen molar-refractivity contribution in [3.63, 3.8) is 0 Å². The van der Waals surface area contributed by atoms with Crippen LogP contribution in [0.2, 0.25) is 0 Å². The van der Waals surface area contributed by atoms with Crippen molar-refractivity contribution in [3.05, 3.63) is 42.4 Å². The summed E-state index contributed by atoms with van der Waals surface area (Å²) < 4.78 is 16.3. The molecule has 0 saturated carbocycles. The van der Waals surface area contributed by atoms with Crippen molar-refractivity contribution >= 4 is 41.5 Å². The van der Waals surface area contributed by atoms with Gasteiger partial charge in [-0.1, -0.05) is 0 Å². The van der Waals surface area contributed by atoms with Gasteiger partial charge < -0.3 is 29.4 Å². The maximum atomic E-state index is 11.9. The van der Waals surface area contributed by atoms with Crippen LogP contribution in [-0.2, 0) is 11.2 Å². The highest BCUT2D eigenvalue weighted by Crippen LogP contribution is 2.30. The van der Waals surface area contributed by atoms with Crippen LogP contribution in [0.4, 0.5) is 5.69 Å². The number of nitrogens with zero attached hydrogens (tertiary/aromatic N) is 2. The molecule has 9 heteroatoms. The molecule has 0 fully saturated rings. The Balaban J connectivity index is 0.00000420. The van der Waals surface area contributed by atoms with Crippen molar-refractivity contribution in [2.45, 2.75) is 13.3 Å². The van der Waals surface area contributed by atoms with Gasteiger partial charge in [0, 0.05) is 38.8 Å². The van der Waals surface area contributed by atoms with E-state index < -0.39 is 0 Å². The minimum Gasteiger partial charge on any atom is -0.493 e. The molecule has 8 nitrogen and oxygen atoms in total. The van der Waals surface area contributed by atoms with E-state index in [0.29, 0.717) is 37.0 Å². The molecule has 0 aliphatic carbocycles. The number of ether oxygens (including phenoxy) is 2. The van der Waals surface area contributed by atoms with Gasteiger partial charge in [-0.25, -0.2) is 4.99 Å². The number of likely N-dealkylation sites (N-methyl/N-ethyl adjacent to an activating group) is 1. The Morgan fingerprint density at radius 3 is 2.66 bits per heavy atom. The molecule has 1 heterocycles. The zero-order valence-electron chi connectivity index (χ0n) is 17.2. The number of methoxy groups -OCH3 is 1. The third-order valence-corrected chi connectivity index (χ3v) is 3.84. The third kappa shape index (κ3) is 8.22. The summed E-state index contributed by atoms with van der Waals surface area (Å²) in [6.07, 6.45) is 2.34. The number of carbonyl (C=O) groups excluding carboxylic acids is 1. The van der Waals surface area contributed by atoms with Gasteiger partial charge in [0.05, 0.1) is 20.0 Å². The molecule has 2 aromatic rings. The Morgan fingerprint density at radius 1 is 1.24 bits per heavy atom. The van der Waals surface area contributed by atoms with E-state index in [1.54, 1.807) is 27.5 Å². The van der Waals surface area contributed by atoms with Crippen LogP contribution in [0.5, 0.6) is 11.5 Å². The lowest BCUT2D eigenvalue weighted by Gasteiger charge is -2.15. The summed E-state index contributed by atoms with van der Waals surface area (Å²) in [5.41, 5.74) is 0.766. The van der Waals surface area contributed by atoms with E-state index in [1.807, 2.05) is 37.3 Å². The predicted octanol–water partition coefficient (Wildman–Crippen LogP) is 2.99. The molecule has 1 aromatic carbocycles. The average molecular weight is 516 g/mol. The molecular formula is C20H29IN4O4. The van der Waals surface area contributed by atoms with Gasteiger partial charge in [-0.15, -0.1) is 24.0 Å². The first-order valence-corrected chi connectivity index (χ1v) is 9.12. The molecule has 0 unspecified atom stereocenters. The van der Waals surface area contributed by atoms with Gasteiger partial charge in [0.25, 0.3) is 0 Å². The van der Waals surface area contributed by atoms with Crippen molar-refractivity contribution in [2.24, 2.45) is 4.99 Å². The number of furan rings is 1. The van der Waals surface area contributed by atoms with Gasteiger partial charge in [0.15, 0.2) is 17.5 Å². The van der Waals surface area contributed by atoms with E-state index in [1.165, 1.54) is 4.90 Å². The fourth-order valence-corrected chi connectivity index (χ4v) is 2.34. The van der Waals surface area contributed by atoms with Crippen molar-refractivity contribution in [1.82, 2.24) is 10.2 Å². The lowest BCUT2D eigenvalue weighted by atomic mass is 10.2. The standard InChI is InChI=1S/C20H28N4O4.HI/c1-5-27-17-9-8-15(13-18(17)26-4)23-20(22-14-19(25)24(2)3)21-11-10-16-7-6-12-28-16;/h6-9,12-13H,5,10-11,14H2,1-4H3,(H2,21,22,23);1H. The minimum atomic E-state index is -0.0867. The van der Waals surface area contributed by atoms with Crippen LogP contribution in [0.15, 0.2) is 46.0 Å². The Bertz CT molecular complexity index is 779. The van der Waals surface area contributed by atoms with Gasteiger partial charge in [-0.05, 0) is 31.2 Å². The summed E-state index contributed by atoms with van der Waals surface area (Å²) in [6.45, 7) is 3.11.